The highest BCUT2D eigenvalue weighted by Crippen LogP contribution is 2.31. The van der Waals surface area contributed by atoms with Gasteiger partial charge in [0.15, 0.2) is 0 Å². The van der Waals surface area contributed by atoms with Crippen LogP contribution in [-0.4, -0.2) is 35.3 Å². The molecule has 0 saturated carbocycles. The van der Waals surface area contributed by atoms with E-state index < -0.39 is 0 Å². The molecule has 2 N–H and O–H groups in total. The van der Waals surface area contributed by atoms with Crippen LogP contribution in [0.4, 0.5) is 11.6 Å². The third-order valence-electron chi connectivity index (χ3n) is 3.01. The van der Waals surface area contributed by atoms with Crippen molar-refractivity contribution in [3.63, 3.8) is 0 Å². The quantitative estimate of drug-likeness (QED) is 0.903. The number of halogens is 1. The van der Waals surface area contributed by atoms with E-state index in [1.807, 2.05) is 0 Å². The summed E-state index contributed by atoms with van der Waals surface area (Å²) in [5.74, 6) is 1.34. The number of nitrogens with zero attached hydrogens (tertiary/aromatic N) is 3. The summed E-state index contributed by atoms with van der Waals surface area (Å²) in [4.78, 5) is 10.5. The van der Waals surface area contributed by atoms with Gasteiger partial charge in [-0.05, 0) is 29.3 Å². The molecule has 1 aromatic rings. The third kappa shape index (κ3) is 2.52. The topological polar surface area (TPSA) is 64.3 Å². The number of hydrogen-bond acceptors (Lipinski definition) is 5. The molecule has 5 nitrogen and oxygen atoms in total. The van der Waals surface area contributed by atoms with Gasteiger partial charge in [-0.3, -0.25) is 0 Å². The van der Waals surface area contributed by atoms with E-state index in [9.17, 15) is 0 Å². The molecule has 2 unspecified atom stereocenters. The second-order valence-electron chi connectivity index (χ2n) is 4.25. The minimum atomic E-state index is 0.209. The molecule has 1 saturated heterocycles. The SMILES string of the molecule is CCC1COC(C)CN1c1ncnc(N)c1Br. The monoisotopic (exact) mass is 300 g/mol. The van der Waals surface area contributed by atoms with E-state index in [4.69, 9.17) is 10.5 Å². The maximum atomic E-state index is 5.79. The van der Waals surface area contributed by atoms with Crippen LogP contribution in [0.5, 0.6) is 0 Å². The van der Waals surface area contributed by atoms with E-state index in [0.29, 0.717) is 11.9 Å². The highest BCUT2D eigenvalue weighted by molar-refractivity contribution is 9.10. The van der Waals surface area contributed by atoms with E-state index in [0.717, 1.165) is 29.9 Å². The first-order chi connectivity index (χ1) is 8.13. The number of aromatic nitrogens is 2. The Hall–Kier alpha value is -0.880. The first kappa shape index (κ1) is 12.6. The zero-order valence-corrected chi connectivity index (χ0v) is 11.6. The van der Waals surface area contributed by atoms with Crippen molar-refractivity contribution >= 4 is 27.6 Å². The largest absolute Gasteiger partial charge is 0.383 e. The highest BCUT2D eigenvalue weighted by Gasteiger charge is 2.28. The molecule has 0 aromatic carbocycles. The molecule has 0 bridgehead atoms. The van der Waals surface area contributed by atoms with Crippen molar-refractivity contribution < 1.29 is 4.74 Å². The predicted molar refractivity (Wildman–Crippen MR) is 71.0 cm³/mol. The molecule has 17 heavy (non-hydrogen) atoms. The number of morpholine rings is 1. The number of rotatable bonds is 2. The Balaban J connectivity index is 2.32. The lowest BCUT2D eigenvalue weighted by molar-refractivity contribution is 0.0295. The number of hydrogen-bond donors (Lipinski definition) is 1. The summed E-state index contributed by atoms with van der Waals surface area (Å²) in [5.41, 5.74) is 5.79. The maximum absolute atomic E-state index is 5.79. The lowest BCUT2D eigenvalue weighted by Crippen LogP contribution is -2.49. The zero-order valence-electron chi connectivity index (χ0n) is 10.1. The number of anilines is 2. The van der Waals surface area contributed by atoms with E-state index in [1.54, 1.807) is 0 Å². The second-order valence-corrected chi connectivity index (χ2v) is 5.05. The first-order valence-electron chi connectivity index (χ1n) is 5.77. The van der Waals surface area contributed by atoms with Crippen molar-refractivity contribution in [1.82, 2.24) is 9.97 Å². The van der Waals surface area contributed by atoms with Gasteiger partial charge in [-0.25, -0.2) is 9.97 Å². The van der Waals surface area contributed by atoms with Gasteiger partial charge in [-0.1, -0.05) is 6.92 Å². The molecule has 2 rings (SSSR count). The fourth-order valence-electron chi connectivity index (χ4n) is 2.02. The van der Waals surface area contributed by atoms with Gasteiger partial charge in [-0.2, -0.15) is 0 Å². The number of nitrogen functional groups attached to an aromatic ring is 1. The second kappa shape index (κ2) is 5.18. The standard InChI is InChI=1S/C11H17BrN4O/c1-3-8-5-17-7(2)4-16(8)11-9(12)10(13)14-6-15-11/h6-8H,3-5H2,1-2H3,(H2,13,14,15). The van der Waals surface area contributed by atoms with E-state index in [-0.39, 0.29) is 6.10 Å². The van der Waals surface area contributed by atoms with Crippen LogP contribution >= 0.6 is 15.9 Å². The normalized spacial score (nSPS) is 25.0. The Bertz CT molecular complexity index is 401. The Morgan fingerprint density at radius 2 is 2.35 bits per heavy atom. The lowest BCUT2D eigenvalue weighted by Gasteiger charge is -2.39. The Morgan fingerprint density at radius 3 is 3.06 bits per heavy atom. The molecule has 0 spiro atoms. The van der Waals surface area contributed by atoms with Crippen molar-refractivity contribution in [2.45, 2.75) is 32.4 Å². The number of nitrogens with two attached hydrogens (primary N) is 1. The van der Waals surface area contributed by atoms with Crippen LogP contribution < -0.4 is 10.6 Å². The van der Waals surface area contributed by atoms with Crippen molar-refractivity contribution in [1.29, 1.82) is 0 Å². The first-order valence-corrected chi connectivity index (χ1v) is 6.57. The molecule has 1 aliphatic heterocycles. The minimum absolute atomic E-state index is 0.209. The molecular weight excluding hydrogens is 284 g/mol. The van der Waals surface area contributed by atoms with E-state index in [1.165, 1.54) is 6.33 Å². The van der Waals surface area contributed by atoms with Gasteiger partial charge >= 0.3 is 0 Å². The van der Waals surface area contributed by atoms with Crippen molar-refractivity contribution in [2.24, 2.45) is 0 Å². The van der Waals surface area contributed by atoms with Crippen molar-refractivity contribution in [3.8, 4) is 0 Å². The molecule has 2 heterocycles. The van der Waals surface area contributed by atoms with Crippen LogP contribution in [0.2, 0.25) is 0 Å². The van der Waals surface area contributed by atoms with Crippen LogP contribution in [0.15, 0.2) is 10.8 Å². The molecule has 2 atom stereocenters. The van der Waals surface area contributed by atoms with Gasteiger partial charge in [0.2, 0.25) is 0 Å². The van der Waals surface area contributed by atoms with Gasteiger partial charge < -0.3 is 15.4 Å². The van der Waals surface area contributed by atoms with Gasteiger partial charge in [0.25, 0.3) is 0 Å². The smallest absolute Gasteiger partial charge is 0.148 e. The molecule has 0 radical (unpaired) electrons. The molecule has 1 fully saturated rings. The molecule has 6 heteroatoms. The molecule has 1 aromatic heterocycles. The van der Waals surface area contributed by atoms with E-state index >= 15 is 0 Å². The highest BCUT2D eigenvalue weighted by atomic mass is 79.9. The fraction of sp³-hybridized carbons (Fsp3) is 0.636. The zero-order chi connectivity index (χ0) is 12.4. The van der Waals surface area contributed by atoms with Gasteiger partial charge in [0.1, 0.15) is 22.4 Å². The molecular formula is C11H17BrN4O. The van der Waals surface area contributed by atoms with Gasteiger partial charge in [0, 0.05) is 6.54 Å². The van der Waals surface area contributed by atoms with E-state index in [2.05, 4.69) is 44.6 Å². The summed E-state index contributed by atoms with van der Waals surface area (Å²) in [6, 6.07) is 0.344. The van der Waals surface area contributed by atoms with Gasteiger partial charge in [-0.15, -0.1) is 0 Å². The molecule has 0 amide bonds. The Morgan fingerprint density at radius 1 is 1.59 bits per heavy atom. The van der Waals surface area contributed by atoms with Gasteiger partial charge in [0.05, 0.1) is 18.8 Å². The molecule has 0 aliphatic carbocycles. The van der Waals surface area contributed by atoms with Crippen LogP contribution in [-0.2, 0) is 4.74 Å². The Labute approximate surface area is 110 Å². The average Bonchev–Trinajstić information content (AvgIpc) is 2.33. The molecule has 1 aliphatic rings. The third-order valence-corrected chi connectivity index (χ3v) is 3.77. The predicted octanol–water partition coefficient (Wildman–Crippen LogP) is 1.82. The maximum Gasteiger partial charge on any atom is 0.148 e. The van der Waals surface area contributed by atoms with Crippen LogP contribution in [0.3, 0.4) is 0 Å². The number of ether oxygens (including phenoxy) is 1. The average molecular weight is 301 g/mol. The lowest BCUT2D eigenvalue weighted by atomic mass is 10.1. The molecule has 94 valence electrons. The Kier molecular flexibility index (Phi) is 3.83. The summed E-state index contributed by atoms with van der Waals surface area (Å²) in [7, 11) is 0. The van der Waals surface area contributed by atoms with Crippen LogP contribution in [0.25, 0.3) is 0 Å². The summed E-state index contributed by atoms with van der Waals surface area (Å²) < 4.78 is 6.44. The van der Waals surface area contributed by atoms with Crippen molar-refractivity contribution in [2.75, 3.05) is 23.8 Å². The summed E-state index contributed by atoms with van der Waals surface area (Å²) >= 11 is 3.46. The minimum Gasteiger partial charge on any atom is -0.383 e. The summed E-state index contributed by atoms with van der Waals surface area (Å²) in [6.45, 7) is 5.77. The van der Waals surface area contributed by atoms with Crippen LogP contribution in [0, 0.1) is 0 Å². The fourth-order valence-corrected chi connectivity index (χ4v) is 2.45. The summed E-state index contributed by atoms with van der Waals surface area (Å²) in [5, 5.41) is 0. The van der Waals surface area contributed by atoms with Crippen molar-refractivity contribution in [3.05, 3.63) is 10.8 Å². The summed E-state index contributed by atoms with van der Waals surface area (Å²) in [6.07, 6.45) is 2.73. The van der Waals surface area contributed by atoms with Crippen LogP contribution in [0.1, 0.15) is 20.3 Å².